The molecule has 0 saturated carbocycles. The number of hydrogen-bond donors (Lipinski definition) is 1. The van der Waals surface area contributed by atoms with Gasteiger partial charge >= 0.3 is 0 Å². The van der Waals surface area contributed by atoms with Crippen molar-refractivity contribution in [3.63, 3.8) is 0 Å². The van der Waals surface area contributed by atoms with Crippen LogP contribution in [0.4, 0.5) is 11.4 Å². The fourth-order valence-corrected chi connectivity index (χ4v) is 3.42. The highest BCUT2D eigenvalue weighted by Gasteiger charge is 2.18. The number of nitro benzene ring substituents is 1. The molecule has 1 atom stereocenters. The summed E-state index contributed by atoms with van der Waals surface area (Å²) in [4.78, 5) is 19.6. The molecule has 2 aromatic carbocycles. The Hall–Kier alpha value is -3.80. The van der Waals surface area contributed by atoms with E-state index in [1.165, 1.54) is 23.4 Å². The van der Waals surface area contributed by atoms with Crippen molar-refractivity contribution in [2.24, 2.45) is 0 Å². The first-order chi connectivity index (χ1) is 14.1. The topological polar surface area (TPSA) is 81.0 Å². The van der Waals surface area contributed by atoms with Crippen LogP contribution in [0.5, 0.6) is 0 Å². The summed E-state index contributed by atoms with van der Waals surface area (Å²) in [6.45, 7) is 2.06. The Morgan fingerprint density at radius 2 is 1.83 bits per heavy atom. The number of anilines is 1. The zero-order valence-corrected chi connectivity index (χ0v) is 15.9. The minimum atomic E-state index is -0.379. The van der Waals surface area contributed by atoms with Gasteiger partial charge in [0.15, 0.2) is 0 Å². The van der Waals surface area contributed by atoms with Gasteiger partial charge in [0.2, 0.25) is 0 Å². The molecule has 1 N–H and O–H groups in total. The molecule has 0 aliphatic rings. The number of rotatable bonds is 6. The van der Waals surface area contributed by atoms with Gasteiger partial charge in [0.05, 0.1) is 22.0 Å². The van der Waals surface area contributed by atoms with Crippen LogP contribution < -0.4 is 5.32 Å². The number of pyridine rings is 2. The summed E-state index contributed by atoms with van der Waals surface area (Å²) in [5, 5.41) is 16.2. The molecule has 0 amide bonds. The van der Waals surface area contributed by atoms with Crippen LogP contribution in [0.15, 0.2) is 79.3 Å². The standard InChI is InChI=1S/C23H20N4O2/c1-16-5-7-17(8-6-16)14-22(21-4-2-3-12-25-21)26-20-9-10-23(27(28)29)19-15-24-13-11-18(19)20/h2-13,15,22,26H,14H2,1H3. The van der Waals surface area contributed by atoms with Gasteiger partial charge in [0.1, 0.15) is 0 Å². The minimum absolute atomic E-state index is 0.0478. The van der Waals surface area contributed by atoms with Crippen LogP contribution >= 0.6 is 0 Å². The molecule has 0 saturated heterocycles. The van der Waals surface area contributed by atoms with Gasteiger partial charge in [0.25, 0.3) is 5.69 Å². The largest absolute Gasteiger partial charge is 0.376 e. The molecule has 0 fully saturated rings. The first-order valence-corrected chi connectivity index (χ1v) is 9.36. The number of nitro groups is 1. The Kier molecular flexibility index (Phi) is 5.16. The fourth-order valence-electron chi connectivity index (χ4n) is 3.42. The number of hydrogen-bond acceptors (Lipinski definition) is 5. The highest BCUT2D eigenvalue weighted by molar-refractivity contribution is 5.99. The monoisotopic (exact) mass is 384 g/mol. The first-order valence-electron chi connectivity index (χ1n) is 9.36. The lowest BCUT2D eigenvalue weighted by atomic mass is 10.0. The number of benzene rings is 2. The van der Waals surface area contributed by atoms with E-state index in [-0.39, 0.29) is 16.7 Å². The molecule has 4 rings (SSSR count). The molecule has 0 radical (unpaired) electrons. The zero-order chi connectivity index (χ0) is 20.2. The van der Waals surface area contributed by atoms with Gasteiger partial charge in [-0.15, -0.1) is 0 Å². The molecule has 0 aliphatic carbocycles. The summed E-state index contributed by atoms with van der Waals surface area (Å²) in [5.41, 5.74) is 4.17. The molecule has 6 nitrogen and oxygen atoms in total. The Morgan fingerprint density at radius 3 is 2.55 bits per heavy atom. The van der Waals surface area contributed by atoms with Crippen molar-refractivity contribution in [3.8, 4) is 0 Å². The van der Waals surface area contributed by atoms with E-state index in [1.54, 1.807) is 24.5 Å². The van der Waals surface area contributed by atoms with E-state index in [9.17, 15) is 10.1 Å². The zero-order valence-electron chi connectivity index (χ0n) is 15.9. The maximum atomic E-state index is 11.4. The van der Waals surface area contributed by atoms with Crippen LogP contribution in [0.2, 0.25) is 0 Å². The quantitative estimate of drug-likeness (QED) is 0.363. The van der Waals surface area contributed by atoms with E-state index < -0.39 is 0 Å². The van der Waals surface area contributed by atoms with Gasteiger partial charge in [-0.2, -0.15) is 0 Å². The van der Waals surface area contributed by atoms with Crippen LogP contribution in [-0.2, 0) is 6.42 Å². The van der Waals surface area contributed by atoms with Crippen LogP contribution in [0, 0.1) is 17.0 Å². The van der Waals surface area contributed by atoms with Gasteiger partial charge in [-0.3, -0.25) is 20.1 Å². The Bertz CT molecular complexity index is 1140. The maximum Gasteiger partial charge on any atom is 0.278 e. The summed E-state index contributed by atoms with van der Waals surface area (Å²) in [6, 6.07) is 19.2. The Labute approximate surface area is 168 Å². The van der Waals surface area contributed by atoms with Crippen molar-refractivity contribution in [3.05, 3.63) is 106 Å². The normalized spacial score (nSPS) is 11.9. The Morgan fingerprint density at radius 1 is 1.00 bits per heavy atom. The third kappa shape index (κ3) is 4.06. The predicted molar refractivity (Wildman–Crippen MR) is 114 cm³/mol. The minimum Gasteiger partial charge on any atom is -0.376 e. The SMILES string of the molecule is Cc1ccc(CC(Nc2ccc([N+](=O)[O-])c3cnccc23)c2ccccn2)cc1. The van der Waals surface area contributed by atoms with Gasteiger partial charge in [-0.05, 0) is 43.2 Å². The van der Waals surface area contributed by atoms with Crippen molar-refractivity contribution < 1.29 is 4.92 Å². The number of nitrogens with one attached hydrogen (secondary N) is 1. The summed E-state index contributed by atoms with van der Waals surface area (Å²) >= 11 is 0. The predicted octanol–water partition coefficient (Wildman–Crippen LogP) is 5.24. The molecule has 4 aromatic rings. The summed E-state index contributed by atoms with van der Waals surface area (Å²) in [6.07, 6.45) is 5.69. The van der Waals surface area contributed by atoms with Gasteiger partial charge in [0, 0.05) is 35.7 Å². The molecule has 2 heterocycles. The highest BCUT2D eigenvalue weighted by atomic mass is 16.6. The summed E-state index contributed by atoms with van der Waals surface area (Å²) in [7, 11) is 0. The van der Waals surface area contributed by atoms with Crippen LogP contribution in [0.1, 0.15) is 22.9 Å². The van der Waals surface area contributed by atoms with Crippen molar-refractivity contribution in [2.45, 2.75) is 19.4 Å². The summed E-state index contributed by atoms with van der Waals surface area (Å²) < 4.78 is 0. The first kappa shape index (κ1) is 18.6. The van der Waals surface area contributed by atoms with E-state index in [0.29, 0.717) is 5.39 Å². The third-order valence-corrected chi connectivity index (χ3v) is 4.93. The number of non-ortho nitro benzene ring substituents is 1. The number of nitrogens with zero attached hydrogens (tertiary/aromatic N) is 3. The maximum absolute atomic E-state index is 11.4. The molecule has 6 heteroatoms. The van der Waals surface area contributed by atoms with Gasteiger partial charge in [-0.1, -0.05) is 35.9 Å². The molecule has 0 spiro atoms. The van der Waals surface area contributed by atoms with E-state index >= 15 is 0 Å². The van der Waals surface area contributed by atoms with Gasteiger partial charge in [-0.25, -0.2) is 0 Å². The molecule has 1 unspecified atom stereocenters. The molecular weight excluding hydrogens is 364 g/mol. The lowest BCUT2D eigenvalue weighted by Crippen LogP contribution is -2.15. The van der Waals surface area contributed by atoms with E-state index in [0.717, 1.165) is 23.2 Å². The van der Waals surface area contributed by atoms with Crippen LogP contribution in [0.25, 0.3) is 10.8 Å². The number of aryl methyl sites for hydroxylation is 1. The smallest absolute Gasteiger partial charge is 0.278 e. The van der Waals surface area contributed by atoms with Crippen LogP contribution in [0.3, 0.4) is 0 Å². The van der Waals surface area contributed by atoms with Crippen molar-refractivity contribution in [1.29, 1.82) is 0 Å². The molecule has 29 heavy (non-hydrogen) atoms. The van der Waals surface area contributed by atoms with Crippen molar-refractivity contribution in [1.82, 2.24) is 9.97 Å². The number of fused-ring (bicyclic) bond motifs is 1. The second-order valence-electron chi connectivity index (χ2n) is 6.95. The Balaban J connectivity index is 1.74. The van der Waals surface area contributed by atoms with E-state index in [1.807, 2.05) is 18.2 Å². The van der Waals surface area contributed by atoms with Crippen molar-refractivity contribution >= 4 is 22.1 Å². The van der Waals surface area contributed by atoms with Crippen LogP contribution in [-0.4, -0.2) is 14.9 Å². The highest BCUT2D eigenvalue weighted by Crippen LogP contribution is 2.33. The lowest BCUT2D eigenvalue weighted by molar-refractivity contribution is -0.383. The van der Waals surface area contributed by atoms with E-state index in [2.05, 4.69) is 46.5 Å². The molecule has 2 aromatic heterocycles. The fraction of sp³-hybridized carbons (Fsp3) is 0.130. The second kappa shape index (κ2) is 8.06. The second-order valence-corrected chi connectivity index (χ2v) is 6.95. The lowest BCUT2D eigenvalue weighted by Gasteiger charge is -2.21. The molecule has 0 bridgehead atoms. The van der Waals surface area contributed by atoms with Gasteiger partial charge < -0.3 is 5.32 Å². The summed E-state index contributed by atoms with van der Waals surface area (Å²) in [5.74, 6) is 0. The average molecular weight is 384 g/mol. The van der Waals surface area contributed by atoms with E-state index in [4.69, 9.17) is 0 Å². The molecule has 144 valence electrons. The number of aromatic nitrogens is 2. The third-order valence-electron chi connectivity index (χ3n) is 4.93. The average Bonchev–Trinajstić information content (AvgIpc) is 2.75. The molecular formula is C23H20N4O2. The van der Waals surface area contributed by atoms with Crippen molar-refractivity contribution in [2.75, 3.05) is 5.32 Å². The molecule has 0 aliphatic heterocycles.